The standard InChI is InChI=1S/C46H58N8O4S/c1-30-32-11-9-17-53(41(32)51-50-36(30)21-39-48-35-12-7-8-13-37(35)59-39)38-15-14-33(40(49-38)42(55)56)34-22-47-54(31(34)2)29-45-24-43(3)23-44(4,25-45)27-46(26-43,28-45)58-20-18-52(5)16-10-19-57-6/h7-8,12-15,22H,9-11,16-21,23-29H2,1-6H3,(H,55,56). The maximum atomic E-state index is 13.0. The molecule has 0 saturated heterocycles. The molecule has 4 aliphatic carbocycles. The van der Waals surface area contributed by atoms with Gasteiger partial charge >= 0.3 is 5.97 Å². The zero-order valence-corrected chi connectivity index (χ0v) is 36.3. The SMILES string of the molecule is COCCCN(C)CCOC12CC3(C)CC(C)(CC(Cn4ncc(-c5ccc(N6CCCc7c6nnc(Cc6nc8ccccc8s6)c7C)nc5C(=O)O)c4C)(C3)C1)C2. The predicted molar refractivity (Wildman–Crippen MR) is 231 cm³/mol. The number of carboxylic acid groups (broad SMARTS) is 1. The number of benzene rings is 1. The fourth-order valence-corrected chi connectivity index (χ4v) is 13.4. The van der Waals surface area contributed by atoms with E-state index in [9.17, 15) is 9.90 Å². The lowest BCUT2D eigenvalue weighted by atomic mass is 9.39. The molecule has 5 heterocycles. The largest absolute Gasteiger partial charge is 0.476 e. The number of thiazole rings is 1. The van der Waals surface area contributed by atoms with E-state index >= 15 is 0 Å². The van der Waals surface area contributed by atoms with Crippen molar-refractivity contribution >= 4 is 39.2 Å². The van der Waals surface area contributed by atoms with Gasteiger partial charge in [0, 0.05) is 68.7 Å². The maximum absolute atomic E-state index is 13.0. The number of nitrogens with zero attached hydrogens (tertiary/aromatic N) is 8. The summed E-state index contributed by atoms with van der Waals surface area (Å²) in [5.74, 6) is 0.243. The van der Waals surface area contributed by atoms with Crippen LogP contribution in [0.5, 0.6) is 0 Å². The quantitative estimate of drug-likeness (QED) is 0.102. The van der Waals surface area contributed by atoms with Crippen LogP contribution >= 0.6 is 11.3 Å². The number of pyridine rings is 1. The van der Waals surface area contributed by atoms with Gasteiger partial charge in [0.1, 0.15) is 5.82 Å². The number of rotatable bonds is 15. The lowest BCUT2D eigenvalue weighted by Gasteiger charge is -2.69. The first-order valence-corrected chi connectivity index (χ1v) is 22.2. The van der Waals surface area contributed by atoms with Crippen LogP contribution in [0.25, 0.3) is 21.3 Å². The number of methoxy groups -OCH3 is 1. The summed E-state index contributed by atoms with van der Waals surface area (Å²) in [5.41, 5.74) is 6.91. The number of para-hydroxylation sites is 1. The van der Waals surface area contributed by atoms with E-state index in [1.807, 2.05) is 41.4 Å². The zero-order valence-electron chi connectivity index (χ0n) is 35.5. The highest BCUT2D eigenvalue weighted by molar-refractivity contribution is 7.18. The maximum Gasteiger partial charge on any atom is 0.355 e. The molecule has 1 aromatic carbocycles. The number of carbonyl (C=O) groups is 1. The van der Waals surface area contributed by atoms with Crippen LogP contribution in [0.15, 0.2) is 42.6 Å². The fourth-order valence-electron chi connectivity index (χ4n) is 12.5. The van der Waals surface area contributed by atoms with Crippen molar-refractivity contribution in [1.29, 1.82) is 0 Å². The topological polar surface area (TPSA) is 132 Å². The minimum atomic E-state index is -1.06. The van der Waals surface area contributed by atoms with Crippen molar-refractivity contribution in [2.45, 2.75) is 104 Å². The molecule has 312 valence electrons. The van der Waals surface area contributed by atoms with E-state index in [1.54, 1.807) is 18.4 Å². The number of hydrogen-bond donors (Lipinski definition) is 1. The second-order valence-electron chi connectivity index (χ2n) is 19.1. The molecule has 13 heteroatoms. The van der Waals surface area contributed by atoms with Crippen molar-refractivity contribution in [1.82, 2.24) is 34.8 Å². The highest BCUT2D eigenvalue weighted by Gasteiger charge is 2.66. The first-order valence-electron chi connectivity index (χ1n) is 21.3. The molecular formula is C46H58N8O4S. The van der Waals surface area contributed by atoms with Gasteiger partial charge in [-0.1, -0.05) is 26.0 Å². The predicted octanol–water partition coefficient (Wildman–Crippen LogP) is 8.44. The molecule has 12 nitrogen and oxygen atoms in total. The van der Waals surface area contributed by atoms with Gasteiger partial charge in [0.2, 0.25) is 0 Å². The third-order valence-electron chi connectivity index (χ3n) is 13.8. The average Bonchev–Trinajstić information content (AvgIpc) is 3.75. The van der Waals surface area contributed by atoms with E-state index in [1.165, 1.54) is 6.42 Å². The number of likely N-dealkylation sites (N-methyl/N-ethyl adjacent to an activating group) is 1. The Morgan fingerprint density at radius 1 is 0.949 bits per heavy atom. The minimum Gasteiger partial charge on any atom is -0.476 e. The highest BCUT2D eigenvalue weighted by atomic mass is 32.1. The molecule has 10 rings (SSSR count). The smallest absolute Gasteiger partial charge is 0.355 e. The summed E-state index contributed by atoms with van der Waals surface area (Å²) >= 11 is 1.69. The third-order valence-corrected chi connectivity index (χ3v) is 14.8. The Balaban J connectivity index is 0.948. The van der Waals surface area contributed by atoms with E-state index < -0.39 is 5.97 Å². The average molecular weight is 819 g/mol. The fraction of sp³-hybridized carbons (Fsp3) is 0.565. The van der Waals surface area contributed by atoms with Crippen molar-refractivity contribution in [2.24, 2.45) is 16.2 Å². The van der Waals surface area contributed by atoms with Gasteiger partial charge in [0.05, 0.1) is 39.3 Å². The van der Waals surface area contributed by atoms with Crippen molar-refractivity contribution < 1.29 is 19.4 Å². The summed E-state index contributed by atoms with van der Waals surface area (Å²) in [7, 11) is 3.93. The summed E-state index contributed by atoms with van der Waals surface area (Å²) in [6.45, 7) is 14.1. The number of anilines is 2. The Morgan fingerprint density at radius 3 is 2.51 bits per heavy atom. The Kier molecular flexibility index (Phi) is 10.4. The Hall–Kier alpha value is -4.30. The van der Waals surface area contributed by atoms with Gasteiger partial charge in [-0.25, -0.2) is 14.8 Å². The van der Waals surface area contributed by atoms with Crippen LogP contribution in [0.2, 0.25) is 0 Å². The van der Waals surface area contributed by atoms with Gasteiger partial charge in [-0.15, -0.1) is 16.4 Å². The molecule has 5 aromatic rings. The minimum absolute atomic E-state index is 0.0174. The number of aromatic carboxylic acids is 1. The normalized spacial score (nSPS) is 26.0. The van der Waals surface area contributed by atoms with E-state index in [2.05, 4.69) is 50.4 Å². The Morgan fingerprint density at radius 2 is 1.75 bits per heavy atom. The summed E-state index contributed by atoms with van der Waals surface area (Å²) in [6, 6.07) is 12.0. The molecule has 4 bridgehead atoms. The van der Waals surface area contributed by atoms with Gasteiger partial charge < -0.3 is 24.4 Å². The number of ether oxygens (including phenoxy) is 2. The third kappa shape index (κ3) is 7.68. The lowest BCUT2D eigenvalue weighted by molar-refractivity contribution is -0.248. The van der Waals surface area contributed by atoms with E-state index in [-0.39, 0.29) is 27.5 Å². The van der Waals surface area contributed by atoms with Crippen molar-refractivity contribution in [3.63, 3.8) is 0 Å². The lowest BCUT2D eigenvalue weighted by Crippen LogP contribution is -2.64. The van der Waals surface area contributed by atoms with Crippen LogP contribution in [-0.4, -0.2) is 98.5 Å². The van der Waals surface area contributed by atoms with Gasteiger partial charge in [-0.05, 0) is 125 Å². The second-order valence-corrected chi connectivity index (χ2v) is 20.2. The summed E-state index contributed by atoms with van der Waals surface area (Å²) in [4.78, 5) is 27.0. The van der Waals surface area contributed by atoms with Crippen LogP contribution < -0.4 is 4.90 Å². The van der Waals surface area contributed by atoms with E-state index in [0.717, 1.165) is 133 Å². The molecule has 0 spiro atoms. The van der Waals surface area contributed by atoms with E-state index in [4.69, 9.17) is 34.7 Å². The van der Waals surface area contributed by atoms with Crippen molar-refractivity contribution in [2.75, 3.05) is 51.9 Å². The number of fused-ring (bicyclic) bond motifs is 2. The van der Waals surface area contributed by atoms with Crippen LogP contribution in [-0.2, 0) is 28.9 Å². The highest BCUT2D eigenvalue weighted by Crippen LogP contribution is 2.72. The number of hydrogen-bond acceptors (Lipinski definition) is 11. The molecule has 1 aliphatic heterocycles. The van der Waals surface area contributed by atoms with Crippen LogP contribution in [0, 0.1) is 30.1 Å². The monoisotopic (exact) mass is 818 g/mol. The van der Waals surface area contributed by atoms with Crippen molar-refractivity contribution in [3.05, 3.63) is 75.8 Å². The van der Waals surface area contributed by atoms with Gasteiger partial charge in [0.25, 0.3) is 0 Å². The van der Waals surface area contributed by atoms with Crippen molar-refractivity contribution in [3.8, 4) is 11.1 Å². The summed E-state index contributed by atoms with van der Waals surface area (Å²) in [5, 5.41) is 26.0. The molecule has 4 fully saturated rings. The molecular weight excluding hydrogens is 761 g/mol. The Bertz CT molecular complexity index is 2340. The summed E-state index contributed by atoms with van der Waals surface area (Å²) in [6.07, 6.45) is 12.1. The van der Waals surface area contributed by atoms with Gasteiger partial charge in [-0.2, -0.15) is 10.2 Å². The van der Waals surface area contributed by atoms with Gasteiger partial charge in [-0.3, -0.25) is 4.68 Å². The first-order chi connectivity index (χ1) is 28.3. The molecule has 2 unspecified atom stereocenters. The molecule has 0 radical (unpaired) electrons. The molecule has 4 saturated carbocycles. The molecule has 2 atom stereocenters. The Labute approximate surface area is 351 Å². The zero-order chi connectivity index (χ0) is 41.2. The van der Waals surface area contributed by atoms with Crippen LogP contribution in [0.3, 0.4) is 0 Å². The molecule has 1 N–H and O–H groups in total. The van der Waals surface area contributed by atoms with Gasteiger partial charge in [0.15, 0.2) is 11.5 Å². The number of aromatic nitrogens is 6. The van der Waals surface area contributed by atoms with Crippen LogP contribution in [0.1, 0.15) is 103 Å². The first kappa shape index (κ1) is 40.1. The van der Waals surface area contributed by atoms with Crippen LogP contribution in [0.4, 0.5) is 11.6 Å². The van der Waals surface area contributed by atoms with E-state index in [0.29, 0.717) is 24.3 Å². The number of carboxylic acids is 1. The molecule has 0 amide bonds. The second kappa shape index (κ2) is 15.3. The molecule has 4 aromatic heterocycles. The molecule has 5 aliphatic rings. The summed E-state index contributed by atoms with van der Waals surface area (Å²) < 4.78 is 15.6. The molecule has 59 heavy (non-hydrogen) atoms.